The molecule has 2 aliphatic heterocycles. The lowest BCUT2D eigenvalue weighted by Crippen LogP contribution is -2.35. The molecule has 6 rings (SSSR count). The van der Waals surface area contributed by atoms with Crippen LogP contribution < -0.4 is 4.74 Å². The zero-order valence-electron chi connectivity index (χ0n) is 22.2. The Bertz CT molecular complexity index is 1480. The minimum atomic E-state index is -0.655. The van der Waals surface area contributed by atoms with E-state index in [0.717, 1.165) is 27.2 Å². The van der Waals surface area contributed by atoms with Crippen LogP contribution in [0.15, 0.2) is 59.1 Å². The van der Waals surface area contributed by atoms with Crippen molar-refractivity contribution in [1.29, 1.82) is 0 Å². The number of hydrogen-bond donors (Lipinski definition) is 1. The molecule has 2 aliphatic rings. The molecule has 4 heterocycles. The molecule has 0 amide bonds. The van der Waals surface area contributed by atoms with Crippen molar-refractivity contribution in [2.45, 2.75) is 50.3 Å². The summed E-state index contributed by atoms with van der Waals surface area (Å²) in [7, 11) is -0.407. The van der Waals surface area contributed by atoms with E-state index < -0.39 is 27.1 Å². The van der Waals surface area contributed by atoms with Gasteiger partial charge in [-0.25, -0.2) is 4.98 Å². The highest BCUT2D eigenvalue weighted by Crippen LogP contribution is 2.34. The Morgan fingerprint density at radius 2 is 1.68 bits per heavy atom. The largest absolute Gasteiger partial charge is 0.456 e. The van der Waals surface area contributed by atoms with Gasteiger partial charge in [0.2, 0.25) is 0 Å². The Morgan fingerprint density at radius 3 is 2.40 bits per heavy atom. The average Bonchev–Trinajstić information content (AvgIpc) is 3.61. The van der Waals surface area contributed by atoms with Crippen molar-refractivity contribution in [2.24, 2.45) is 0 Å². The Kier molecular flexibility index (Phi) is 8.27. The summed E-state index contributed by atoms with van der Waals surface area (Å²) in [5.74, 6) is 0. The molecule has 0 aliphatic carbocycles. The van der Waals surface area contributed by atoms with Gasteiger partial charge in [-0.3, -0.25) is 4.57 Å². The lowest BCUT2D eigenvalue weighted by Gasteiger charge is -2.18. The number of halogens is 2. The van der Waals surface area contributed by atoms with Crippen LogP contribution in [0, 0.1) is 0 Å². The topological polar surface area (TPSA) is 87.9 Å². The van der Waals surface area contributed by atoms with E-state index >= 15 is 0 Å². The molecular formula is C29H30BrClN3O5Si+. The molecule has 2 aromatic carbocycles. The maximum absolute atomic E-state index is 10.1. The van der Waals surface area contributed by atoms with Crippen molar-refractivity contribution < 1.29 is 24.1 Å². The van der Waals surface area contributed by atoms with Crippen molar-refractivity contribution in [3.63, 3.8) is 0 Å². The molecule has 1 N–H and O–H groups in total. The van der Waals surface area contributed by atoms with Crippen LogP contribution in [-0.2, 0) is 20.9 Å². The summed E-state index contributed by atoms with van der Waals surface area (Å²) in [6, 6.07) is 19.6. The molecule has 0 radical (unpaired) electrons. The van der Waals surface area contributed by atoms with Crippen molar-refractivity contribution in [1.82, 2.24) is 14.5 Å². The Labute approximate surface area is 247 Å². The van der Waals surface area contributed by atoms with Crippen LogP contribution >= 0.6 is 27.5 Å². The molecule has 2 fully saturated rings. The molecule has 8 nitrogen and oxygen atoms in total. The molecule has 4 atom stereocenters. The number of rotatable bonds is 9. The Morgan fingerprint density at radius 1 is 1.00 bits per heavy atom. The van der Waals surface area contributed by atoms with E-state index in [4.69, 9.17) is 40.5 Å². The maximum Gasteiger partial charge on any atom is 0.310 e. The highest BCUT2D eigenvalue weighted by Gasteiger charge is 2.49. The van der Waals surface area contributed by atoms with E-state index in [-0.39, 0.29) is 19.4 Å². The number of pyridine rings is 1. The van der Waals surface area contributed by atoms with Crippen LogP contribution in [0.4, 0.5) is 0 Å². The molecule has 2 aromatic heterocycles. The molecular weight excluding hydrogens is 614 g/mol. The van der Waals surface area contributed by atoms with Crippen molar-refractivity contribution in [3.05, 3.63) is 64.1 Å². The van der Waals surface area contributed by atoms with Gasteiger partial charge in [0, 0.05) is 10.0 Å². The Balaban J connectivity index is 1.32. The first-order valence-electron chi connectivity index (χ1n) is 13.3. The van der Waals surface area contributed by atoms with Gasteiger partial charge in [-0.05, 0) is 29.3 Å². The van der Waals surface area contributed by atoms with Crippen LogP contribution in [0.25, 0.3) is 33.5 Å². The van der Waals surface area contributed by atoms with Crippen molar-refractivity contribution in [2.75, 3.05) is 19.8 Å². The van der Waals surface area contributed by atoms with Crippen LogP contribution in [0.3, 0.4) is 0 Å². The number of hydrogen-bond acceptors (Lipinski definition) is 7. The van der Waals surface area contributed by atoms with Gasteiger partial charge in [-0.1, -0.05) is 63.9 Å². The van der Waals surface area contributed by atoms with Gasteiger partial charge >= 0.3 is 14.8 Å². The second-order valence-corrected chi connectivity index (χ2v) is 14.6. The first-order valence-corrected chi connectivity index (χ1v) is 17.1. The quantitative estimate of drug-likeness (QED) is 0.182. The fourth-order valence-electron chi connectivity index (χ4n) is 4.99. The van der Waals surface area contributed by atoms with Crippen molar-refractivity contribution >= 4 is 47.5 Å². The monoisotopic (exact) mass is 642 g/mol. The minimum Gasteiger partial charge on any atom is -0.456 e. The van der Waals surface area contributed by atoms with Gasteiger partial charge in [-0.2, -0.15) is 4.98 Å². The lowest BCUT2D eigenvalue weighted by molar-refractivity contribution is 0.00337. The van der Waals surface area contributed by atoms with Crippen LogP contribution in [0.5, 0.6) is 6.01 Å². The normalized spacial score (nSPS) is 22.1. The highest BCUT2D eigenvalue weighted by molar-refractivity contribution is 9.10. The molecule has 0 bridgehead atoms. The first kappa shape index (κ1) is 27.8. The zero-order valence-corrected chi connectivity index (χ0v) is 25.6. The second-order valence-electron chi connectivity index (χ2n) is 10.4. The van der Waals surface area contributed by atoms with Gasteiger partial charge in [0.05, 0.1) is 49.7 Å². The second kappa shape index (κ2) is 11.9. The minimum absolute atomic E-state index is 0.230. The van der Waals surface area contributed by atoms with Gasteiger partial charge in [0.25, 0.3) is 0 Å². The predicted octanol–water partition coefficient (Wildman–Crippen LogP) is 5.82. The lowest BCUT2D eigenvalue weighted by atomic mass is 10.0. The number of ether oxygens (including phenoxy) is 4. The van der Waals surface area contributed by atoms with E-state index in [0.29, 0.717) is 41.1 Å². The third-order valence-corrected chi connectivity index (χ3v) is 9.20. The number of aliphatic hydroxyl groups is 1. The number of benzene rings is 2. The molecule has 0 saturated carbocycles. The third kappa shape index (κ3) is 5.71. The SMILES string of the molecule is C[Si+](C)CCOCn1c(O[C@@H]2CO[C@H]3[C@@H]2OC[C@H]3O)nc2cc(Cl)c(-c3ccc(-c4ccc(Br)cc4)cc3)nc21. The van der Waals surface area contributed by atoms with Gasteiger partial charge in [0.15, 0.2) is 11.8 Å². The van der Waals surface area contributed by atoms with E-state index in [2.05, 4.69) is 53.3 Å². The van der Waals surface area contributed by atoms with Crippen LogP contribution in [-0.4, -0.2) is 72.7 Å². The smallest absolute Gasteiger partial charge is 0.310 e. The summed E-state index contributed by atoms with van der Waals surface area (Å²) >= 11 is 10.2. The highest BCUT2D eigenvalue weighted by atomic mass is 79.9. The van der Waals surface area contributed by atoms with E-state index in [1.165, 1.54) is 0 Å². The number of aliphatic hydroxyl groups excluding tert-OH is 1. The number of nitrogens with zero attached hydrogens (tertiary/aromatic N) is 3. The molecule has 0 unspecified atom stereocenters. The Hall–Kier alpha value is -2.31. The zero-order chi connectivity index (χ0) is 27.8. The standard InChI is InChI=1S/C29H30BrClN3O5Si/c1-40(2)12-11-36-16-34-28-22(32-29(34)39-24-15-38-26-23(35)14-37-27(24)26)13-21(31)25(33-28)19-5-3-17(4-6-19)18-7-9-20(30)10-8-18/h3-10,13,23-24,26-27,35H,11-12,14-16H2,1-2H3/q+1/t23-,24-,26-,27-/m1/s1. The van der Waals surface area contributed by atoms with Crippen LogP contribution in [0.1, 0.15) is 0 Å². The first-order chi connectivity index (χ1) is 19.4. The summed E-state index contributed by atoms with van der Waals surface area (Å²) < 4.78 is 26.7. The molecule has 4 aromatic rings. The molecule has 0 spiro atoms. The van der Waals surface area contributed by atoms with E-state index in [9.17, 15) is 5.11 Å². The van der Waals surface area contributed by atoms with Crippen molar-refractivity contribution in [3.8, 4) is 28.4 Å². The summed E-state index contributed by atoms with van der Waals surface area (Å²) in [4.78, 5) is 9.68. The summed E-state index contributed by atoms with van der Waals surface area (Å²) in [5.41, 5.74) is 5.01. The summed E-state index contributed by atoms with van der Waals surface area (Å²) in [5, 5.41) is 10.6. The summed E-state index contributed by atoms with van der Waals surface area (Å²) in [6.45, 7) is 5.94. The molecule has 11 heteroatoms. The fraction of sp³-hybridized carbons (Fsp3) is 0.379. The fourth-order valence-corrected chi connectivity index (χ4v) is 6.06. The van der Waals surface area contributed by atoms with E-state index in [1.54, 1.807) is 0 Å². The third-order valence-electron chi connectivity index (χ3n) is 7.18. The number of imidazole rings is 1. The molecule has 40 heavy (non-hydrogen) atoms. The summed E-state index contributed by atoms with van der Waals surface area (Å²) in [6.07, 6.45) is -1.81. The van der Waals surface area contributed by atoms with Gasteiger partial charge < -0.3 is 24.1 Å². The molecule has 208 valence electrons. The van der Waals surface area contributed by atoms with Crippen LogP contribution in [0.2, 0.25) is 24.2 Å². The average molecular weight is 644 g/mol. The van der Waals surface area contributed by atoms with E-state index in [1.807, 2.05) is 34.9 Å². The van der Waals surface area contributed by atoms with Gasteiger partial charge in [-0.15, -0.1) is 0 Å². The number of aromatic nitrogens is 3. The number of fused-ring (bicyclic) bond motifs is 2. The predicted molar refractivity (Wildman–Crippen MR) is 159 cm³/mol. The molecule has 2 saturated heterocycles. The maximum atomic E-state index is 10.1. The van der Waals surface area contributed by atoms with Gasteiger partial charge in [0.1, 0.15) is 30.6 Å².